The van der Waals surface area contributed by atoms with Crippen molar-refractivity contribution in [3.8, 4) is 0 Å². The first-order valence-electron chi connectivity index (χ1n) is 8.10. The second-order valence-electron chi connectivity index (χ2n) is 5.44. The predicted molar refractivity (Wildman–Crippen MR) is 89.5 cm³/mol. The van der Waals surface area contributed by atoms with E-state index in [4.69, 9.17) is 0 Å². The summed E-state index contributed by atoms with van der Waals surface area (Å²) in [6.45, 7) is 9.39. The van der Waals surface area contributed by atoms with E-state index in [1.807, 2.05) is 6.92 Å². The Balaban J connectivity index is 2.50. The van der Waals surface area contributed by atoms with Crippen LogP contribution in [0, 0.1) is 0 Å². The van der Waals surface area contributed by atoms with Gasteiger partial charge in [-0.25, -0.2) is 9.78 Å². The zero-order valence-corrected chi connectivity index (χ0v) is 14.5. The average Bonchev–Trinajstić information content (AvgIpc) is 2.58. The molecule has 0 unspecified atom stereocenters. The highest BCUT2D eigenvalue weighted by Crippen LogP contribution is 2.04. The Morgan fingerprint density at radius 3 is 2.52 bits per heavy atom. The third-order valence-corrected chi connectivity index (χ3v) is 3.76. The molecule has 0 aliphatic heterocycles. The van der Waals surface area contributed by atoms with Gasteiger partial charge in [0.05, 0.1) is 7.11 Å². The van der Waals surface area contributed by atoms with Crippen molar-refractivity contribution >= 4 is 11.9 Å². The van der Waals surface area contributed by atoms with Gasteiger partial charge in [0.15, 0.2) is 0 Å². The number of amides is 1. The molecule has 0 fully saturated rings. The molecule has 1 aromatic heterocycles. The van der Waals surface area contributed by atoms with E-state index in [2.05, 4.69) is 33.8 Å². The molecule has 0 saturated heterocycles. The van der Waals surface area contributed by atoms with Crippen molar-refractivity contribution in [3.63, 3.8) is 0 Å². The molecule has 0 aliphatic carbocycles. The van der Waals surface area contributed by atoms with E-state index < -0.39 is 5.97 Å². The summed E-state index contributed by atoms with van der Waals surface area (Å²) in [5, 5.41) is 2.92. The van der Waals surface area contributed by atoms with Crippen molar-refractivity contribution in [1.29, 1.82) is 0 Å². The highest BCUT2D eigenvalue weighted by molar-refractivity contribution is 5.94. The molecule has 6 nitrogen and oxygen atoms in total. The van der Waals surface area contributed by atoms with Crippen LogP contribution in [0.3, 0.4) is 0 Å². The SMILES string of the molecule is CCN(CC)CCC[C@H](C)NC(=O)c1cccc(C(=O)OC)n1. The summed E-state index contributed by atoms with van der Waals surface area (Å²) in [6, 6.07) is 4.79. The largest absolute Gasteiger partial charge is 0.464 e. The number of aromatic nitrogens is 1. The van der Waals surface area contributed by atoms with Gasteiger partial charge >= 0.3 is 5.97 Å². The van der Waals surface area contributed by atoms with Gasteiger partial charge in [0.1, 0.15) is 11.4 Å². The number of carbonyl (C=O) groups excluding carboxylic acids is 2. The van der Waals surface area contributed by atoms with Gasteiger partial charge in [0.2, 0.25) is 0 Å². The van der Waals surface area contributed by atoms with Gasteiger partial charge < -0.3 is 15.0 Å². The molecule has 1 rings (SSSR count). The monoisotopic (exact) mass is 321 g/mol. The third kappa shape index (κ3) is 6.36. The van der Waals surface area contributed by atoms with Gasteiger partial charge in [-0.05, 0) is 51.5 Å². The van der Waals surface area contributed by atoms with Crippen LogP contribution in [-0.4, -0.2) is 54.5 Å². The van der Waals surface area contributed by atoms with E-state index in [0.717, 1.165) is 32.5 Å². The number of hydrogen-bond donors (Lipinski definition) is 1. The molecule has 23 heavy (non-hydrogen) atoms. The van der Waals surface area contributed by atoms with Gasteiger partial charge in [0.25, 0.3) is 5.91 Å². The Morgan fingerprint density at radius 1 is 1.26 bits per heavy atom. The van der Waals surface area contributed by atoms with Gasteiger partial charge in [-0.3, -0.25) is 4.79 Å². The number of nitrogens with one attached hydrogen (secondary N) is 1. The molecule has 128 valence electrons. The highest BCUT2D eigenvalue weighted by atomic mass is 16.5. The topological polar surface area (TPSA) is 71.5 Å². The first-order chi connectivity index (χ1) is 11.0. The van der Waals surface area contributed by atoms with Crippen LogP contribution >= 0.6 is 0 Å². The molecule has 0 aromatic carbocycles. The molecule has 1 aromatic rings. The summed E-state index contributed by atoms with van der Waals surface area (Å²) in [6.07, 6.45) is 1.93. The van der Waals surface area contributed by atoms with Crippen LogP contribution in [0.25, 0.3) is 0 Å². The van der Waals surface area contributed by atoms with Gasteiger partial charge in [0, 0.05) is 6.04 Å². The van der Waals surface area contributed by atoms with Crippen molar-refractivity contribution in [2.24, 2.45) is 0 Å². The van der Waals surface area contributed by atoms with Gasteiger partial charge in [-0.1, -0.05) is 19.9 Å². The van der Waals surface area contributed by atoms with Crippen molar-refractivity contribution in [1.82, 2.24) is 15.2 Å². The maximum absolute atomic E-state index is 12.2. The third-order valence-electron chi connectivity index (χ3n) is 3.76. The lowest BCUT2D eigenvalue weighted by Gasteiger charge is -2.19. The number of methoxy groups -OCH3 is 1. The van der Waals surface area contributed by atoms with Crippen LogP contribution in [0.4, 0.5) is 0 Å². The molecule has 0 spiro atoms. The molecule has 0 saturated carbocycles. The fraction of sp³-hybridized carbons (Fsp3) is 0.588. The number of nitrogens with zero attached hydrogens (tertiary/aromatic N) is 2. The lowest BCUT2D eigenvalue weighted by molar-refractivity contribution is 0.0594. The second-order valence-corrected chi connectivity index (χ2v) is 5.44. The summed E-state index contributed by atoms with van der Waals surface area (Å²) in [5.74, 6) is -0.821. The minimum atomic E-state index is -0.549. The Kier molecular flexibility index (Phi) is 8.26. The van der Waals surface area contributed by atoms with E-state index in [-0.39, 0.29) is 23.3 Å². The van der Waals surface area contributed by atoms with E-state index in [1.54, 1.807) is 12.1 Å². The molecule has 1 N–H and O–H groups in total. The lowest BCUT2D eigenvalue weighted by Crippen LogP contribution is -2.34. The number of esters is 1. The highest BCUT2D eigenvalue weighted by Gasteiger charge is 2.14. The molecule has 1 heterocycles. The zero-order chi connectivity index (χ0) is 17.2. The van der Waals surface area contributed by atoms with E-state index >= 15 is 0 Å². The number of ether oxygens (including phenoxy) is 1. The van der Waals surface area contributed by atoms with E-state index in [9.17, 15) is 9.59 Å². The smallest absolute Gasteiger partial charge is 0.356 e. The summed E-state index contributed by atoms with van der Waals surface area (Å²) in [4.78, 5) is 30.0. The van der Waals surface area contributed by atoms with Crippen LogP contribution in [0.15, 0.2) is 18.2 Å². The maximum atomic E-state index is 12.2. The van der Waals surface area contributed by atoms with Gasteiger partial charge in [-0.15, -0.1) is 0 Å². The van der Waals surface area contributed by atoms with Crippen LogP contribution in [0.5, 0.6) is 0 Å². The number of pyridine rings is 1. The van der Waals surface area contributed by atoms with Crippen LogP contribution in [0.1, 0.15) is 54.6 Å². The fourth-order valence-electron chi connectivity index (χ4n) is 2.31. The summed E-state index contributed by atoms with van der Waals surface area (Å²) < 4.78 is 4.61. The first-order valence-corrected chi connectivity index (χ1v) is 8.10. The molecule has 0 radical (unpaired) electrons. The number of hydrogen-bond acceptors (Lipinski definition) is 5. The Hall–Kier alpha value is -1.95. The fourth-order valence-corrected chi connectivity index (χ4v) is 2.31. The Labute approximate surface area is 138 Å². The molecular formula is C17H27N3O3. The van der Waals surface area contributed by atoms with Gasteiger partial charge in [-0.2, -0.15) is 0 Å². The minimum Gasteiger partial charge on any atom is -0.464 e. The molecule has 1 amide bonds. The van der Waals surface area contributed by atoms with Crippen LogP contribution in [-0.2, 0) is 4.74 Å². The standard InChI is InChI=1S/C17H27N3O3/c1-5-20(6-2)12-8-9-13(3)18-16(21)14-10-7-11-15(19-14)17(22)23-4/h7,10-11,13H,5-6,8-9,12H2,1-4H3,(H,18,21)/t13-/m0/s1. The maximum Gasteiger partial charge on any atom is 0.356 e. The van der Waals surface area contributed by atoms with Crippen LogP contribution in [0.2, 0.25) is 0 Å². The van der Waals surface area contributed by atoms with E-state index in [1.165, 1.54) is 13.2 Å². The number of carbonyl (C=O) groups is 2. The van der Waals surface area contributed by atoms with E-state index in [0.29, 0.717) is 0 Å². The lowest BCUT2D eigenvalue weighted by atomic mass is 10.1. The summed E-state index contributed by atoms with van der Waals surface area (Å²) >= 11 is 0. The van der Waals surface area contributed by atoms with Crippen molar-refractivity contribution < 1.29 is 14.3 Å². The minimum absolute atomic E-state index is 0.0571. The Morgan fingerprint density at radius 2 is 1.91 bits per heavy atom. The summed E-state index contributed by atoms with van der Waals surface area (Å²) in [7, 11) is 1.29. The normalized spacial score (nSPS) is 12.0. The first kappa shape index (κ1) is 19.1. The molecule has 0 aliphatic rings. The van der Waals surface area contributed by atoms with Crippen molar-refractivity contribution in [2.45, 2.75) is 39.7 Å². The molecule has 6 heteroatoms. The van der Waals surface area contributed by atoms with Crippen molar-refractivity contribution in [2.75, 3.05) is 26.7 Å². The average molecular weight is 321 g/mol. The number of rotatable bonds is 9. The quantitative estimate of drug-likeness (QED) is 0.705. The Bertz CT molecular complexity index is 516. The predicted octanol–water partition coefficient (Wildman–Crippen LogP) is 2.11. The van der Waals surface area contributed by atoms with Crippen LogP contribution < -0.4 is 5.32 Å². The summed E-state index contributed by atoms with van der Waals surface area (Å²) in [5.41, 5.74) is 0.359. The zero-order valence-electron chi connectivity index (χ0n) is 14.5. The molecule has 0 bridgehead atoms. The second kappa shape index (κ2) is 9.94. The molecular weight excluding hydrogens is 294 g/mol. The molecule has 1 atom stereocenters. The van der Waals surface area contributed by atoms with Crippen molar-refractivity contribution in [3.05, 3.63) is 29.6 Å².